The Morgan fingerprint density at radius 2 is 2.09 bits per heavy atom. The fourth-order valence-electron chi connectivity index (χ4n) is 1.81. The monoisotopic (exact) mass is 390 g/mol. The van der Waals surface area contributed by atoms with Crippen LogP contribution in [0.2, 0.25) is 5.02 Å². The smallest absolute Gasteiger partial charge is 0.407 e. The summed E-state index contributed by atoms with van der Waals surface area (Å²) in [5.74, 6) is 0. The van der Waals surface area contributed by atoms with Crippen LogP contribution >= 0.6 is 27.5 Å². The summed E-state index contributed by atoms with van der Waals surface area (Å²) >= 11 is 9.52. The molecule has 0 saturated carbocycles. The lowest BCUT2D eigenvalue weighted by Gasteiger charge is -2.22. The van der Waals surface area contributed by atoms with Crippen LogP contribution in [0.25, 0.3) is 0 Å². The second kappa shape index (κ2) is 8.75. The predicted octanol–water partition coefficient (Wildman–Crippen LogP) is 4.50. The summed E-state index contributed by atoms with van der Waals surface area (Å²) in [5.41, 5.74) is 0.605. The second-order valence-electron chi connectivity index (χ2n) is 6.10. The molecule has 1 atom stereocenters. The zero-order valence-corrected chi connectivity index (χ0v) is 15.8. The molecule has 22 heavy (non-hydrogen) atoms. The molecule has 1 aromatic carbocycles. The molecule has 124 valence electrons. The summed E-state index contributed by atoms with van der Waals surface area (Å²) < 4.78 is 6.24. The normalized spacial score (nSPS) is 12.8. The highest BCUT2D eigenvalue weighted by atomic mass is 79.9. The Morgan fingerprint density at radius 3 is 2.68 bits per heavy atom. The number of nitrogens with one attached hydrogen (secondary N) is 2. The summed E-state index contributed by atoms with van der Waals surface area (Å²) in [7, 11) is 0. The first-order valence-electron chi connectivity index (χ1n) is 7.35. The number of carbonyl (C=O) groups is 1. The van der Waals surface area contributed by atoms with Gasteiger partial charge < -0.3 is 15.4 Å². The van der Waals surface area contributed by atoms with Crippen LogP contribution in [-0.4, -0.2) is 24.3 Å². The van der Waals surface area contributed by atoms with Crippen LogP contribution in [0.1, 0.15) is 39.7 Å². The van der Waals surface area contributed by atoms with Gasteiger partial charge >= 0.3 is 6.09 Å². The Morgan fingerprint density at radius 1 is 1.41 bits per heavy atom. The Labute approximate surface area is 146 Å². The molecule has 4 nitrogen and oxygen atoms in total. The molecule has 0 bridgehead atoms. The molecule has 6 heteroatoms. The molecule has 0 aliphatic heterocycles. The maximum atomic E-state index is 11.7. The van der Waals surface area contributed by atoms with Crippen molar-refractivity contribution in [3.05, 3.63) is 33.3 Å². The van der Waals surface area contributed by atoms with E-state index < -0.39 is 11.7 Å². The van der Waals surface area contributed by atoms with Crippen molar-refractivity contribution in [2.75, 3.05) is 6.54 Å². The highest BCUT2D eigenvalue weighted by molar-refractivity contribution is 9.10. The van der Waals surface area contributed by atoms with Crippen molar-refractivity contribution in [1.82, 2.24) is 10.6 Å². The first-order valence-corrected chi connectivity index (χ1v) is 8.52. The van der Waals surface area contributed by atoms with Gasteiger partial charge in [-0.15, -0.1) is 0 Å². The van der Waals surface area contributed by atoms with Crippen molar-refractivity contribution in [3.63, 3.8) is 0 Å². The molecular formula is C16H24BrClN2O2. The van der Waals surface area contributed by atoms with Crippen LogP contribution in [0, 0.1) is 0 Å². The molecule has 1 aromatic rings. The van der Waals surface area contributed by atoms with Gasteiger partial charge in [0.05, 0.1) is 0 Å². The lowest BCUT2D eigenvalue weighted by molar-refractivity contribution is 0.0522. The van der Waals surface area contributed by atoms with E-state index in [-0.39, 0.29) is 6.04 Å². The van der Waals surface area contributed by atoms with E-state index in [9.17, 15) is 4.79 Å². The van der Waals surface area contributed by atoms with Crippen molar-refractivity contribution >= 4 is 33.6 Å². The highest BCUT2D eigenvalue weighted by Gasteiger charge is 2.17. The van der Waals surface area contributed by atoms with Gasteiger partial charge in [0.2, 0.25) is 0 Å². The van der Waals surface area contributed by atoms with Crippen molar-refractivity contribution in [2.45, 2.75) is 52.3 Å². The van der Waals surface area contributed by atoms with Gasteiger partial charge in [0.25, 0.3) is 0 Å². The van der Waals surface area contributed by atoms with Crippen molar-refractivity contribution in [2.24, 2.45) is 0 Å². The molecule has 0 heterocycles. The van der Waals surface area contributed by atoms with Crippen molar-refractivity contribution in [1.29, 1.82) is 0 Å². The molecule has 1 rings (SSSR count). The molecular weight excluding hydrogens is 368 g/mol. The predicted molar refractivity (Wildman–Crippen MR) is 94.3 cm³/mol. The maximum absolute atomic E-state index is 11.7. The van der Waals surface area contributed by atoms with Crippen molar-refractivity contribution < 1.29 is 9.53 Å². The van der Waals surface area contributed by atoms with E-state index >= 15 is 0 Å². The maximum Gasteiger partial charge on any atom is 0.407 e. The van der Waals surface area contributed by atoms with Crippen LogP contribution in [0.3, 0.4) is 0 Å². The second-order valence-corrected chi connectivity index (χ2v) is 7.40. The van der Waals surface area contributed by atoms with E-state index in [0.717, 1.165) is 16.5 Å². The van der Waals surface area contributed by atoms with E-state index in [2.05, 4.69) is 33.5 Å². The topological polar surface area (TPSA) is 50.4 Å². The first-order chi connectivity index (χ1) is 10.2. The average Bonchev–Trinajstić information content (AvgIpc) is 2.40. The van der Waals surface area contributed by atoms with Crippen molar-refractivity contribution in [3.8, 4) is 0 Å². The van der Waals surface area contributed by atoms with Gasteiger partial charge in [-0.1, -0.05) is 34.5 Å². The van der Waals surface area contributed by atoms with E-state index in [1.807, 2.05) is 39.0 Å². The minimum Gasteiger partial charge on any atom is -0.444 e. The van der Waals surface area contributed by atoms with Crippen LogP contribution in [-0.2, 0) is 11.3 Å². The number of hydrogen-bond acceptors (Lipinski definition) is 3. The first kappa shape index (κ1) is 19.3. The summed E-state index contributed by atoms with van der Waals surface area (Å²) in [5, 5.41) is 6.91. The summed E-state index contributed by atoms with van der Waals surface area (Å²) in [4.78, 5) is 11.7. The van der Waals surface area contributed by atoms with E-state index in [4.69, 9.17) is 16.3 Å². The third-order valence-electron chi connectivity index (χ3n) is 2.97. The van der Waals surface area contributed by atoms with E-state index in [1.54, 1.807) is 0 Å². The van der Waals surface area contributed by atoms with E-state index in [1.165, 1.54) is 0 Å². The van der Waals surface area contributed by atoms with Gasteiger partial charge in [-0.2, -0.15) is 0 Å². The molecule has 0 aliphatic carbocycles. The quantitative estimate of drug-likeness (QED) is 0.751. The fraction of sp³-hybridized carbons (Fsp3) is 0.562. The minimum absolute atomic E-state index is 0.165. The van der Waals surface area contributed by atoms with Gasteiger partial charge in [0, 0.05) is 28.6 Å². The van der Waals surface area contributed by atoms with Crippen LogP contribution in [0.5, 0.6) is 0 Å². The minimum atomic E-state index is -0.481. The van der Waals surface area contributed by atoms with Gasteiger partial charge in [-0.05, 0) is 51.0 Å². The number of benzene rings is 1. The zero-order valence-electron chi connectivity index (χ0n) is 13.5. The molecule has 1 unspecified atom stereocenters. The number of rotatable bonds is 6. The molecule has 0 aliphatic rings. The summed E-state index contributed by atoms with van der Waals surface area (Å²) in [6.07, 6.45) is 0.505. The van der Waals surface area contributed by atoms with Crippen LogP contribution in [0.4, 0.5) is 4.79 Å². The molecule has 2 N–H and O–H groups in total. The third kappa shape index (κ3) is 7.47. The largest absolute Gasteiger partial charge is 0.444 e. The SMILES string of the molecule is CCC(CNC(=O)OC(C)(C)C)NCc1cc(Cl)ccc1Br. The highest BCUT2D eigenvalue weighted by Crippen LogP contribution is 2.21. The van der Waals surface area contributed by atoms with Gasteiger partial charge in [-0.25, -0.2) is 4.79 Å². The lowest BCUT2D eigenvalue weighted by atomic mass is 10.2. The summed E-state index contributed by atoms with van der Waals surface area (Å²) in [6, 6.07) is 5.86. The average molecular weight is 392 g/mol. The molecule has 1 amide bonds. The number of alkyl carbamates (subject to hydrolysis) is 1. The van der Waals surface area contributed by atoms with Crippen LogP contribution in [0.15, 0.2) is 22.7 Å². The van der Waals surface area contributed by atoms with Crippen LogP contribution < -0.4 is 10.6 Å². The number of halogens is 2. The fourth-order valence-corrected chi connectivity index (χ4v) is 2.40. The Balaban J connectivity index is 2.45. The summed E-state index contributed by atoms with van der Waals surface area (Å²) in [6.45, 7) is 8.80. The molecule has 0 fully saturated rings. The Kier molecular flexibility index (Phi) is 7.66. The standard InChI is InChI=1S/C16H24BrClN2O2/c1-5-13(10-20-15(21)22-16(2,3)4)19-9-11-8-12(18)6-7-14(11)17/h6-8,13,19H,5,9-10H2,1-4H3,(H,20,21). The lowest BCUT2D eigenvalue weighted by Crippen LogP contribution is -2.42. The molecule has 0 saturated heterocycles. The molecule has 0 aromatic heterocycles. The molecule has 0 radical (unpaired) electrons. The zero-order chi connectivity index (χ0) is 16.8. The molecule has 0 spiro atoms. The number of hydrogen-bond donors (Lipinski definition) is 2. The Hall–Kier alpha value is -0.780. The van der Waals surface area contributed by atoms with Gasteiger partial charge in [0.1, 0.15) is 5.60 Å². The third-order valence-corrected chi connectivity index (χ3v) is 3.98. The van der Waals surface area contributed by atoms with Gasteiger partial charge in [0.15, 0.2) is 0 Å². The Bertz CT molecular complexity index is 503. The number of carbonyl (C=O) groups excluding carboxylic acids is 1. The number of ether oxygens (including phenoxy) is 1. The number of amides is 1. The van der Waals surface area contributed by atoms with Gasteiger partial charge in [-0.3, -0.25) is 0 Å². The van der Waals surface area contributed by atoms with E-state index in [0.29, 0.717) is 18.1 Å².